The van der Waals surface area contributed by atoms with Gasteiger partial charge in [-0.25, -0.2) is 0 Å². The predicted molar refractivity (Wildman–Crippen MR) is 51.5 cm³/mol. The molecule has 0 aromatic carbocycles. The number of carbonyl (C=O) groups is 1. The number of rotatable bonds is 3. The maximum atomic E-state index is 11.2. The van der Waals surface area contributed by atoms with Gasteiger partial charge in [0.25, 0.3) is 0 Å². The SMILES string of the molecule is C/C=C/C=C/C(=O)/C(C#N)=C(/C)N. The molecule has 13 heavy (non-hydrogen) atoms. The van der Waals surface area contributed by atoms with E-state index >= 15 is 0 Å². The standard InChI is InChI=1S/C10H12N2O/c1-3-4-5-6-10(13)9(7-11)8(2)12/h3-6H,12H2,1-2H3/b4-3+,6-5+,9-8-. The summed E-state index contributed by atoms with van der Waals surface area (Å²) in [7, 11) is 0. The van der Waals surface area contributed by atoms with Crippen molar-refractivity contribution in [3.05, 3.63) is 35.6 Å². The van der Waals surface area contributed by atoms with Crippen LogP contribution in [0.3, 0.4) is 0 Å². The van der Waals surface area contributed by atoms with E-state index in [1.54, 1.807) is 24.3 Å². The largest absolute Gasteiger partial charge is 0.401 e. The molecule has 0 atom stereocenters. The number of nitriles is 1. The van der Waals surface area contributed by atoms with Gasteiger partial charge in [0.1, 0.15) is 11.6 Å². The van der Waals surface area contributed by atoms with Gasteiger partial charge in [-0.3, -0.25) is 4.79 Å². The summed E-state index contributed by atoms with van der Waals surface area (Å²) in [6, 6.07) is 1.76. The summed E-state index contributed by atoms with van der Waals surface area (Å²) in [6.45, 7) is 3.37. The van der Waals surface area contributed by atoms with Crippen LogP contribution in [-0.2, 0) is 4.79 Å². The number of nitrogens with two attached hydrogens (primary N) is 1. The highest BCUT2D eigenvalue weighted by molar-refractivity contribution is 6.07. The van der Waals surface area contributed by atoms with Crippen LogP contribution in [0, 0.1) is 11.3 Å². The molecule has 0 radical (unpaired) electrons. The summed E-state index contributed by atoms with van der Waals surface area (Å²) in [4.78, 5) is 11.2. The zero-order chi connectivity index (χ0) is 10.3. The molecule has 68 valence electrons. The third kappa shape index (κ3) is 3.92. The van der Waals surface area contributed by atoms with Crippen molar-refractivity contribution in [2.75, 3.05) is 0 Å². The van der Waals surface area contributed by atoms with E-state index in [0.717, 1.165) is 0 Å². The van der Waals surface area contributed by atoms with Gasteiger partial charge in [0.15, 0.2) is 5.78 Å². The molecular formula is C10H12N2O. The monoisotopic (exact) mass is 176 g/mol. The molecule has 2 N–H and O–H groups in total. The van der Waals surface area contributed by atoms with E-state index in [0.29, 0.717) is 0 Å². The summed E-state index contributed by atoms with van der Waals surface area (Å²) in [5.74, 6) is -0.361. The van der Waals surface area contributed by atoms with Crippen molar-refractivity contribution in [1.29, 1.82) is 5.26 Å². The van der Waals surface area contributed by atoms with Crippen LogP contribution in [0.2, 0.25) is 0 Å². The van der Waals surface area contributed by atoms with Crippen LogP contribution in [0.4, 0.5) is 0 Å². The smallest absolute Gasteiger partial charge is 0.198 e. The first-order valence-electron chi connectivity index (χ1n) is 3.83. The Balaban J connectivity index is 4.63. The Kier molecular flexibility index (Phi) is 4.97. The van der Waals surface area contributed by atoms with Crippen LogP contribution in [0.1, 0.15) is 13.8 Å². The lowest BCUT2D eigenvalue weighted by Crippen LogP contribution is -2.04. The minimum Gasteiger partial charge on any atom is -0.401 e. The quantitative estimate of drug-likeness (QED) is 0.402. The molecule has 0 amide bonds. The van der Waals surface area contributed by atoms with Gasteiger partial charge >= 0.3 is 0 Å². The highest BCUT2D eigenvalue weighted by Crippen LogP contribution is 1.99. The number of ketones is 1. The Morgan fingerprint density at radius 3 is 2.46 bits per heavy atom. The van der Waals surface area contributed by atoms with Gasteiger partial charge in [0, 0.05) is 5.70 Å². The molecule has 0 saturated carbocycles. The number of carbonyl (C=O) groups excluding carboxylic acids is 1. The molecule has 3 heteroatoms. The summed E-state index contributed by atoms with van der Waals surface area (Å²) in [5.41, 5.74) is 5.59. The van der Waals surface area contributed by atoms with Crippen molar-refractivity contribution in [3.8, 4) is 6.07 Å². The lowest BCUT2D eigenvalue weighted by atomic mass is 10.1. The highest BCUT2D eigenvalue weighted by atomic mass is 16.1. The van der Waals surface area contributed by atoms with Crippen LogP contribution in [0.15, 0.2) is 35.6 Å². The fourth-order valence-corrected chi connectivity index (χ4v) is 0.675. The third-order valence-corrected chi connectivity index (χ3v) is 1.30. The minimum absolute atomic E-state index is 0.000697. The zero-order valence-electron chi connectivity index (χ0n) is 7.74. The van der Waals surface area contributed by atoms with Crippen LogP contribution in [0.25, 0.3) is 0 Å². The van der Waals surface area contributed by atoms with Crippen molar-refractivity contribution in [2.24, 2.45) is 5.73 Å². The summed E-state index contributed by atoms with van der Waals surface area (Å²) < 4.78 is 0. The first-order chi connectivity index (χ1) is 6.13. The summed E-state index contributed by atoms with van der Waals surface area (Å²) in [6.07, 6.45) is 6.38. The van der Waals surface area contributed by atoms with Crippen LogP contribution in [0.5, 0.6) is 0 Å². The average molecular weight is 176 g/mol. The van der Waals surface area contributed by atoms with Crippen LogP contribution < -0.4 is 5.73 Å². The lowest BCUT2D eigenvalue weighted by molar-refractivity contribution is -0.111. The van der Waals surface area contributed by atoms with Gasteiger partial charge in [-0.15, -0.1) is 0 Å². The second-order valence-electron chi connectivity index (χ2n) is 2.42. The van der Waals surface area contributed by atoms with Crippen molar-refractivity contribution in [1.82, 2.24) is 0 Å². The van der Waals surface area contributed by atoms with E-state index in [4.69, 9.17) is 11.0 Å². The van der Waals surface area contributed by atoms with Gasteiger partial charge < -0.3 is 5.73 Å². The Bertz CT molecular complexity index is 312. The van der Waals surface area contributed by atoms with E-state index in [1.165, 1.54) is 13.0 Å². The molecule has 0 aliphatic carbocycles. The predicted octanol–water partition coefficient (Wildman–Crippen LogP) is 1.44. The van der Waals surface area contributed by atoms with E-state index in [-0.39, 0.29) is 17.1 Å². The fraction of sp³-hybridized carbons (Fsp3) is 0.200. The molecule has 0 aromatic rings. The molecule has 0 heterocycles. The molecule has 0 aromatic heterocycles. The van der Waals surface area contributed by atoms with E-state index in [2.05, 4.69) is 0 Å². The first-order valence-corrected chi connectivity index (χ1v) is 3.83. The molecule has 0 aliphatic rings. The van der Waals surface area contributed by atoms with Crippen molar-refractivity contribution < 1.29 is 4.79 Å². The van der Waals surface area contributed by atoms with Crippen molar-refractivity contribution >= 4 is 5.78 Å². The highest BCUT2D eigenvalue weighted by Gasteiger charge is 2.06. The van der Waals surface area contributed by atoms with E-state index in [1.807, 2.05) is 6.92 Å². The van der Waals surface area contributed by atoms with Crippen molar-refractivity contribution in [3.63, 3.8) is 0 Å². The van der Waals surface area contributed by atoms with Crippen molar-refractivity contribution in [2.45, 2.75) is 13.8 Å². The number of hydrogen-bond donors (Lipinski definition) is 1. The van der Waals surface area contributed by atoms with Gasteiger partial charge in [-0.05, 0) is 19.9 Å². The molecule has 0 aliphatic heterocycles. The maximum Gasteiger partial charge on any atom is 0.198 e. The normalized spacial score (nSPS) is 13.0. The molecule has 0 fully saturated rings. The number of nitrogens with zero attached hydrogens (tertiary/aromatic N) is 1. The first kappa shape index (κ1) is 11.2. The number of hydrogen-bond acceptors (Lipinski definition) is 3. The molecule has 0 bridgehead atoms. The Labute approximate surface area is 77.8 Å². The second kappa shape index (κ2) is 5.78. The van der Waals surface area contributed by atoms with Crippen LogP contribution >= 0.6 is 0 Å². The molecular weight excluding hydrogens is 164 g/mol. The molecule has 0 saturated heterocycles. The molecule has 0 unspecified atom stereocenters. The summed E-state index contributed by atoms with van der Waals surface area (Å²) in [5, 5.41) is 8.56. The molecule has 3 nitrogen and oxygen atoms in total. The third-order valence-electron chi connectivity index (χ3n) is 1.30. The lowest BCUT2D eigenvalue weighted by Gasteiger charge is -1.93. The summed E-state index contributed by atoms with van der Waals surface area (Å²) >= 11 is 0. The Hall–Kier alpha value is -1.82. The number of allylic oxidation sites excluding steroid dienone is 6. The van der Waals surface area contributed by atoms with E-state index in [9.17, 15) is 4.79 Å². The maximum absolute atomic E-state index is 11.2. The van der Waals surface area contributed by atoms with Gasteiger partial charge in [0.05, 0.1) is 0 Å². The van der Waals surface area contributed by atoms with Gasteiger partial charge in [-0.2, -0.15) is 5.26 Å². The van der Waals surface area contributed by atoms with Gasteiger partial charge in [-0.1, -0.05) is 18.2 Å². The molecule has 0 spiro atoms. The average Bonchev–Trinajstić information content (AvgIpc) is 2.05. The topological polar surface area (TPSA) is 66.9 Å². The van der Waals surface area contributed by atoms with Crippen LogP contribution in [-0.4, -0.2) is 5.78 Å². The molecule has 0 rings (SSSR count). The zero-order valence-corrected chi connectivity index (χ0v) is 7.74. The Morgan fingerprint density at radius 1 is 1.46 bits per heavy atom. The van der Waals surface area contributed by atoms with Gasteiger partial charge in [0.2, 0.25) is 0 Å². The minimum atomic E-state index is -0.361. The fourth-order valence-electron chi connectivity index (χ4n) is 0.675. The Morgan fingerprint density at radius 2 is 2.08 bits per heavy atom. The van der Waals surface area contributed by atoms with E-state index < -0.39 is 0 Å². The second-order valence-corrected chi connectivity index (χ2v) is 2.42.